The number of hydrogen-bond acceptors (Lipinski definition) is 6. The van der Waals surface area contributed by atoms with E-state index in [0.717, 1.165) is 24.5 Å². The molecule has 2 aromatic rings. The lowest BCUT2D eigenvalue weighted by molar-refractivity contribution is 0.174. The number of aromatic nitrogens is 3. The van der Waals surface area contributed by atoms with E-state index in [4.69, 9.17) is 9.47 Å². The van der Waals surface area contributed by atoms with Crippen molar-refractivity contribution in [3.8, 4) is 11.5 Å². The number of nitrogens with one attached hydrogen (secondary N) is 3. The van der Waals surface area contributed by atoms with Gasteiger partial charge < -0.3 is 20.1 Å². The average Bonchev–Trinajstić information content (AvgIpc) is 3.06. The van der Waals surface area contributed by atoms with Crippen LogP contribution in [0.5, 0.6) is 11.5 Å². The molecular formula is C12H15N5O2. The lowest BCUT2D eigenvalue weighted by Gasteiger charge is -2.04. The molecule has 0 aliphatic carbocycles. The molecule has 0 spiro atoms. The quantitative estimate of drug-likeness (QED) is 0.750. The van der Waals surface area contributed by atoms with E-state index in [2.05, 4.69) is 25.8 Å². The molecule has 7 heteroatoms. The zero-order chi connectivity index (χ0) is 13.1. The molecular weight excluding hydrogens is 246 g/mol. The second kappa shape index (κ2) is 5.05. The van der Waals surface area contributed by atoms with Crippen LogP contribution in [0, 0.1) is 0 Å². The standard InChI is InChI=1S/C12H15N5O2/c1-13-11-15-12(17-16-11)14-5-4-8-2-3-9-10(6-8)19-7-18-9/h2-3,6H,4-5,7H2,1H3,(H3,13,14,15,16,17). The Kier molecular flexibility index (Phi) is 3.09. The fraction of sp³-hybridized carbons (Fsp3) is 0.333. The first-order valence-electron chi connectivity index (χ1n) is 6.08. The maximum Gasteiger partial charge on any atom is 0.243 e. The van der Waals surface area contributed by atoms with Gasteiger partial charge in [-0.2, -0.15) is 4.98 Å². The summed E-state index contributed by atoms with van der Waals surface area (Å²) in [5.74, 6) is 2.86. The molecule has 19 heavy (non-hydrogen) atoms. The molecule has 3 N–H and O–H groups in total. The fourth-order valence-corrected chi connectivity index (χ4v) is 1.87. The van der Waals surface area contributed by atoms with Crippen molar-refractivity contribution in [1.82, 2.24) is 15.2 Å². The summed E-state index contributed by atoms with van der Waals surface area (Å²) < 4.78 is 10.6. The molecule has 1 aliphatic heterocycles. The summed E-state index contributed by atoms with van der Waals surface area (Å²) in [6.45, 7) is 1.07. The highest BCUT2D eigenvalue weighted by molar-refractivity contribution is 5.44. The fourth-order valence-electron chi connectivity index (χ4n) is 1.87. The van der Waals surface area contributed by atoms with Gasteiger partial charge >= 0.3 is 0 Å². The van der Waals surface area contributed by atoms with Gasteiger partial charge in [-0.1, -0.05) is 6.07 Å². The van der Waals surface area contributed by atoms with Crippen LogP contribution >= 0.6 is 0 Å². The van der Waals surface area contributed by atoms with E-state index >= 15 is 0 Å². The molecule has 0 saturated carbocycles. The average molecular weight is 261 g/mol. The van der Waals surface area contributed by atoms with E-state index in [1.807, 2.05) is 18.2 Å². The molecule has 100 valence electrons. The molecule has 0 amide bonds. The van der Waals surface area contributed by atoms with Crippen LogP contribution in [-0.2, 0) is 6.42 Å². The Labute approximate surface area is 110 Å². The van der Waals surface area contributed by atoms with E-state index in [-0.39, 0.29) is 0 Å². The first-order valence-corrected chi connectivity index (χ1v) is 6.08. The molecule has 1 aromatic carbocycles. The Balaban J connectivity index is 1.54. The van der Waals surface area contributed by atoms with Crippen LogP contribution < -0.4 is 20.1 Å². The highest BCUT2D eigenvalue weighted by Gasteiger charge is 2.12. The number of H-pyrrole nitrogens is 1. The van der Waals surface area contributed by atoms with Crippen LogP contribution in [-0.4, -0.2) is 35.6 Å². The lowest BCUT2D eigenvalue weighted by Crippen LogP contribution is -2.06. The van der Waals surface area contributed by atoms with Gasteiger partial charge in [0.05, 0.1) is 0 Å². The summed E-state index contributed by atoms with van der Waals surface area (Å²) in [4.78, 5) is 4.18. The second-order valence-corrected chi connectivity index (χ2v) is 4.12. The van der Waals surface area contributed by atoms with Crippen LogP contribution in [0.15, 0.2) is 18.2 Å². The SMILES string of the molecule is CNc1n[nH]c(NCCc2ccc3c(c2)OCO3)n1. The molecule has 0 radical (unpaired) electrons. The van der Waals surface area contributed by atoms with E-state index in [0.29, 0.717) is 18.7 Å². The van der Waals surface area contributed by atoms with Crippen molar-refractivity contribution >= 4 is 11.9 Å². The van der Waals surface area contributed by atoms with Crippen LogP contribution in [0.2, 0.25) is 0 Å². The van der Waals surface area contributed by atoms with Crippen LogP contribution in [0.25, 0.3) is 0 Å². The van der Waals surface area contributed by atoms with Crippen LogP contribution in [0.1, 0.15) is 5.56 Å². The van der Waals surface area contributed by atoms with Crippen molar-refractivity contribution in [2.45, 2.75) is 6.42 Å². The van der Waals surface area contributed by atoms with Gasteiger partial charge in [-0.05, 0) is 24.1 Å². The van der Waals surface area contributed by atoms with Crippen molar-refractivity contribution in [2.75, 3.05) is 31.0 Å². The van der Waals surface area contributed by atoms with E-state index < -0.39 is 0 Å². The Morgan fingerprint density at radius 1 is 1.32 bits per heavy atom. The minimum absolute atomic E-state index is 0.307. The third-order valence-corrected chi connectivity index (χ3v) is 2.85. The summed E-state index contributed by atoms with van der Waals surface area (Å²) in [7, 11) is 1.78. The Bertz CT molecular complexity index is 569. The largest absolute Gasteiger partial charge is 0.454 e. The van der Waals surface area contributed by atoms with Crippen LogP contribution in [0.4, 0.5) is 11.9 Å². The van der Waals surface area contributed by atoms with Gasteiger partial charge in [-0.15, -0.1) is 5.10 Å². The lowest BCUT2D eigenvalue weighted by atomic mass is 10.1. The first-order chi connectivity index (χ1) is 9.35. The number of fused-ring (bicyclic) bond motifs is 1. The van der Waals surface area contributed by atoms with Crippen molar-refractivity contribution in [1.29, 1.82) is 0 Å². The van der Waals surface area contributed by atoms with Gasteiger partial charge in [-0.25, -0.2) is 5.10 Å². The minimum Gasteiger partial charge on any atom is -0.454 e. The maximum absolute atomic E-state index is 5.34. The third kappa shape index (κ3) is 2.54. The summed E-state index contributed by atoms with van der Waals surface area (Å²) >= 11 is 0. The van der Waals surface area contributed by atoms with Crippen molar-refractivity contribution in [3.05, 3.63) is 23.8 Å². The second-order valence-electron chi connectivity index (χ2n) is 4.12. The number of hydrogen-bond donors (Lipinski definition) is 3. The zero-order valence-electron chi connectivity index (χ0n) is 10.6. The molecule has 0 fully saturated rings. The first kappa shape index (κ1) is 11.6. The molecule has 0 atom stereocenters. The molecule has 2 heterocycles. The number of benzene rings is 1. The Morgan fingerprint density at radius 2 is 2.21 bits per heavy atom. The van der Waals surface area contributed by atoms with E-state index in [9.17, 15) is 0 Å². The molecule has 0 saturated heterocycles. The topological polar surface area (TPSA) is 84.1 Å². The smallest absolute Gasteiger partial charge is 0.243 e. The summed E-state index contributed by atoms with van der Waals surface area (Å²) in [5.41, 5.74) is 1.19. The number of anilines is 2. The van der Waals surface area contributed by atoms with Gasteiger partial charge in [-0.3, -0.25) is 0 Å². The van der Waals surface area contributed by atoms with Crippen molar-refractivity contribution in [2.24, 2.45) is 0 Å². The number of aromatic amines is 1. The minimum atomic E-state index is 0.307. The molecule has 7 nitrogen and oxygen atoms in total. The van der Waals surface area contributed by atoms with Gasteiger partial charge in [0.1, 0.15) is 0 Å². The number of nitrogens with zero attached hydrogens (tertiary/aromatic N) is 2. The number of rotatable bonds is 5. The van der Waals surface area contributed by atoms with Gasteiger partial charge in [0.15, 0.2) is 11.5 Å². The Hall–Kier alpha value is -2.44. The van der Waals surface area contributed by atoms with Gasteiger partial charge in [0.25, 0.3) is 0 Å². The molecule has 0 bridgehead atoms. The third-order valence-electron chi connectivity index (χ3n) is 2.85. The normalized spacial score (nSPS) is 12.5. The van der Waals surface area contributed by atoms with Crippen LogP contribution in [0.3, 0.4) is 0 Å². The van der Waals surface area contributed by atoms with Crippen molar-refractivity contribution < 1.29 is 9.47 Å². The van der Waals surface area contributed by atoms with E-state index in [1.165, 1.54) is 5.56 Å². The zero-order valence-corrected chi connectivity index (χ0v) is 10.6. The predicted octanol–water partition coefficient (Wildman–Crippen LogP) is 1.23. The number of ether oxygens (including phenoxy) is 2. The van der Waals surface area contributed by atoms with E-state index in [1.54, 1.807) is 7.05 Å². The van der Waals surface area contributed by atoms with Crippen molar-refractivity contribution in [3.63, 3.8) is 0 Å². The molecule has 3 rings (SSSR count). The maximum atomic E-state index is 5.34. The molecule has 0 unspecified atom stereocenters. The monoisotopic (exact) mass is 261 g/mol. The summed E-state index contributed by atoms with van der Waals surface area (Å²) in [6.07, 6.45) is 0.867. The predicted molar refractivity (Wildman–Crippen MR) is 70.7 cm³/mol. The Morgan fingerprint density at radius 3 is 3.05 bits per heavy atom. The highest BCUT2D eigenvalue weighted by atomic mass is 16.7. The van der Waals surface area contributed by atoms with Gasteiger partial charge in [0, 0.05) is 13.6 Å². The highest BCUT2D eigenvalue weighted by Crippen LogP contribution is 2.32. The molecule has 1 aromatic heterocycles. The summed E-state index contributed by atoms with van der Waals surface area (Å²) in [5, 5.41) is 12.8. The summed E-state index contributed by atoms with van der Waals surface area (Å²) in [6, 6.07) is 5.98. The van der Waals surface area contributed by atoms with Gasteiger partial charge in [0.2, 0.25) is 18.7 Å². The molecule has 1 aliphatic rings.